The molecule has 4 heteroatoms. The molecule has 1 aliphatic rings. The highest BCUT2D eigenvalue weighted by Gasteiger charge is 2.46. The highest BCUT2D eigenvalue weighted by molar-refractivity contribution is 6.02. The van der Waals surface area contributed by atoms with E-state index >= 15 is 0 Å². The van der Waals surface area contributed by atoms with E-state index in [1.807, 2.05) is 0 Å². The van der Waals surface area contributed by atoms with Gasteiger partial charge in [0.1, 0.15) is 5.60 Å². The molecular weight excluding hydrogens is 184 g/mol. The minimum absolute atomic E-state index is 0.572. The number of carbonyl (C=O) groups excluding carboxylic acids is 2. The number of ether oxygens (including phenoxy) is 2. The topological polar surface area (TPSA) is 52.6 Å². The summed E-state index contributed by atoms with van der Waals surface area (Å²) in [6.07, 6.45) is 3.22. The Labute approximate surface area is 82.9 Å². The normalized spacial score (nSPS) is 29.6. The van der Waals surface area contributed by atoms with Crippen LogP contribution < -0.4 is 0 Å². The quantitative estimate of drug-likeness (QED) is 0.359. The first-order chi connectivity index (χ1) is 6.32. The zero-order valence-electron chi connectivity index (χ0n) is 8.79. The molecule has 0 amide bonds. The number of cyclic esters (lactones) is 1. The second-order valence-corrected chi connectivity index (χ2v) is 4.02. The van der Waals surface area contributed by atoms with Crippen LogP contribution in [0.15, 0.2) is 12.2 Å². The monoisotopic (exact) mass is 198 g/mol. The lowest BCUT2D eigenvalue weighted by atomic mass is 9.86. The SMILES string of the molecule is COC(=O)C1(C)C=CC(C)(C)OC1=O. The van der Waals surface area contributed by atoms with Gasteiger partial charge in [-0.05, 0) is 26.8 Å². The average molecular weight is 198 g/mol. The summed E-state index contributed by atoms with van der Waals surface area (Å²) in [5, 5.41) is 0. The van der Waals surface area contributed by atoms with Crippen LogP contribution in [0, 0.1) is 5.41 Å². The predicted octanol–water partition coefficient (Wildman–Crippen LogP) is 1.06. The van der Waals surface area contributed by atoms with Gasteiger partial charge in [0, 0.05) is 0 Å². The van der Waals surface area contributed by atoms with Crippen LogP contribution in [0.2, 0.25) is 0 Å². The first kappa shape index (κ1) is 10.8. The molecule has 0 bridgehead atoms. The summed E-state index contributed by atoms with van der Waals surface area (Å²) in [6, 6.07) is 0. The van der Waals surface area contributed by atoms with E-state index in [9.17, 15) is 9.59 Å². The molecule has 0 aromatic heterocycles. The highest BCUT2D eigenvalue weighted by Crippen LogP contribution is 2.31. The van der Waals surface area contributed by atoms with E-state index in [4.69, 9.17) is 4.74 Å². The molecule has 1 unspecified atom stereocenters. The molecule has 0 aromatic rings. The maximum absolute atomic E-state index is 11.6. The zero-order chi connectivity index (χ0) is 11.0. The summed E-state index contributed by atoms with van der Waals surface area (Å²) in [6.45, 7) is 4.98. The zero-order valence-corrected chi connectivity index (χ0v) is 8.79. The minimum atomic E-state index is -1.30. The van der Waals surface area contributed by atoms with E-state index in [0.717, 1.165) is 0 Å². The Bertz CT molecular complexity index is 303. The van der Waals surface area contributed by atoms with Crippen LogP contribution in [-0.2, 0) is 19.1 Å². The lowest BCUT2D eigenvalue weighted by Crippen LogP contribution is -2.44. The van der Waals surface area contributed by atoms with Crippen LogP contribution >= 0.6 is 0 Å². The van der Waals surface area contributed by atoms with Crippen molar-refractivity contribution in [2.24, 2.45) is 5.41 Å². The van der Waals surface area contributed by atoms with E-state index in [2.05, 4.69) is 4.74 Å². The van der Waals surface area contributed by atoms with Gasteiger partial charge in [-0.25, -0.2) is 0 Å². The van der Waals surface area contributed by atoms with Crippen molar-refractivity contribution in [1.29, 1.82) is 0 Å². The third-order valence-corrected chi connectivity index (χ3v) is 2.21. The molecule has 1 aliphatic heterocycles. The highest BCUT2D eigenvalue weighted by atomic mass is 16.6. The number of esters is 2. The summed E-state index contributed by atoms with van der Waals surface area (Å²) in [4.78, 5) is 22.9. The fraction of sp³-hybridized carbons (Fsp3) is 0.600. The van der Waals surface area contributed by atoms with Crippen LogP contribution in [0.1, 0.15) is 20.8 Å². The number of methoxy groups -OCH3 is 1. The van der Waals surface area contributed by atoms with Crippen LogP contribution in [0.3, 0.4) is 0 Å². The van der Waals surface area contributed by atoms with Gasteiger partial charge in [-0.15, -0.1) is 0 Å². The first-order valence-electron chi connectivity index (χ1n) is 4.34. The molecule has 1 atom stereocenters. The van der Waals surface area contributed by atoms with Crippen molar-refractivity contribution in [2.75, 3.05) is 7.11 Å². The molecule has 0 radical (unpaired) electrons. The van der Waals surface area contributed by atoms with E-state index < -0.39 is 23.0 Å². The average Bonchev–Trinajstić information content (AvgIpc) is 2.10. The summed E-state index contributed by atoms with van der Waals surface area (Å²) in [5.74, 6) is -1.17. The molecule has 0 fully saturated rings. The Hall–Kier alpha value is -1.32. The lowest BCUT2D eigenvalue weighted by Gasteiger charge is -2.32. The van der Waals surface area contributed by atoms with Crippen molar-refractivity contribution in [1.82, 2.24) is 0 Å². The van der Waals surface area contributed by atoms with E-state index in [1.54, 1.807) is 19.9 Å². The molecule has 1 rings (SSSR count). The second-order valence-electron chi connectivity index (χ2n) is 4.02. The van der Waals surface area contributed by atoms with E-state index in [1.165, 1.54) is 20.1 Å². The fourth-order valence-electron chi connectivity index (χ4n) is 1.18. The van der Waals surface area contributed by atoms with Crippen molar-refractivity contribution in [3.05, 3.63) is 12.2 Å². The van der Waals surface area contributed by atoms with Gasteiger partial charge in [0.2, 0.25) is 0 Å². The van der Waals surface area contributed by atoms with Gasteiger partial charge in [0.15, 0.2) is 5.41 Å². The Morgan fingerprint density at radius 3 is 2.36 bits per heavy atom. The largest absolute Gasteiger partial charge is 0.468 e. The Morgan fingerprint density at radius 2 is 1.93 bits per heavy atom. The standard InChI is InChI=1S/C10H14O4/c1-9(2)5-6-10(3,7(11)13-4)8(12)14-9/h5-6H,1-4H3. The molecule has 0 N–H and O–H groups in total. The molecule has 1 heterocycles. The van der Waals surface area contributed by atoms with Gasteiger partial charge >= 0.3 is 11.9 Å². The second kappa shape index (κ2) is 3.12. The summed E-state index contributed by atoms with van der Waals surface area (Å²) >= 11 is 0. The maximum atomic E-state index is 11.6. The van der Waals surface area contributed by atoms with Crippen LogP contribution in [-0.4, -0.2) is 24.6 Å². The Morgan fingerprint density at radius 1 is 1.36 bits per heavy atom. The Balaban J connectivity index is 3.04. The summed E-state index contributed by atoms with van der Waals surface area (Å²) in [5.41, 5.74) is -1.95. The maximum Gasteiger partial charge on any atom is 0.327 e. The van der Waals surface area contributed by atoms with Crippen molar-refractivity contribution in [2.45, 2.75) is 26.4 Å². The molecule has 0 spiro atoms. The smallest absolute Gasteiger partial charge is 0.327 e. The van der Waals surface area contributed by atoms with Crippen molar-refractivity contribution < 1.29 is 19.1 Å². The molecule has 0 aliphatic carbocycles. The van der Waals surface area contributed by atoms with Gasteiger partial charge < -0.3 is 9.47 Å². The van der Waals surface area contributed by atoms with Crippen LogP contribution in [0.5, 0.6) is 0 Å². The molecule has 0 saturated heterocycles. The molecule has 14 heavy (non-hydrogen) atoms. The number of carbonyl (C=O) groups is 2. The number of hydrogen-bond acceptors (Lipinski definition) is 4. The van der Waals surface area contributed by atoms with Gasteiger partial charge in [-0.3, -0.25) is 9.59 Å². The number of rotatable bonds is 1. The first-order valence-corrected chi connectivity index (χ1v) is 4.34. The molecule has 0 aromatic carbocycles. The molecular formula is C10H14O4. The summed E-state index contributed by atoms with van der Waals surface area (Å²) in [7, 11) is 1.24. The number of hydrogen-bond donors (Lipinski definition) is 0. The van der Waals surface area contributed by atoms with Gasteiger partial charge in [-0.1, -0.05) is 6.08 Å². The lowest BCUT2D eigenvalue weighted by molar-refractivity contribution is -0.173. The predicted molar refractivity (Wildman–Crippen MR) is 49.4 cm³/mol. The third-order valence-electron chi connectivity index (χ3n) is 2.21. The third kappa shape index (κ3) is 1.64. The van der Waals surface area contributed by atoms with Crippen molar-refractivity contribution in [3.8, 4) is 0 Å². The van der Waals surface area contributed by atoms with Gasteiger partial charge in [-0.2, -0.15) is 0 Å². The minimum Gasteiger partial charge on any atom is -0.468 e. The molecule has 4 nitrogen and oxygen atoms in total. The fourth-order valence-corrected chi connectivity index (χ4v) is 1.18. The van der Waals surface area contributed by atoms with Gasteiger partial charge in [0.05, 0.1) is 7.11 Å². The van der Waals surface area contributed by atoms with Crippen LogP contribution in [0.4, 0.5) is 0 Å². The molecule has 78 valence electrons. The van der Waals surface area contributed by atoms with Crippen molar-refractivity contribution >= 4 is 11.9 Å². The van der Waals surface area contributed by atoms with E-state index in [0.29, 0.717) is 0 Å². The summed E-state index contributed by atoms with van der Waals surface area (Å²) < 4.78 is 9.63. The van der Waals surface area contributed by atoms with Crippen molar-refractivity contribution in [3.63, 3.8) is 0 Å². The van der Waals surface area contributed by atoms with Gasteiger partial charge in [0.25, 0.3) is 0 Å². The Kier molecular flexibility index (Phi) is 2.39. The van der Waals surface area contributed by atoms with Crippen LogP contribution in [0.25, 0.3) is 0 Å². The van der Waals surface area contributed by atoms with E-state index in [-0.39, 0.29) is 0 Å². The molecule has 0 saturated carbocycles.